The Balaban J connectivity index is 1.61. The molecule has 0 aromatic heterocycles. The summed E-state index contributed by atoms with van der Waals surface area (Å²) in [6, 6.07) is 14.6. The van der Waals surface area contributed by atoms with Crippen LogP contribution in [0.25, 0.3) is 0 Å². The smallest absolute Gasteiger partial charge is 0.243 e. The maximum Gasteiger partial charge on any atom is 0.243 e. The van der Waals surface area contributed by atoms with Gasteiger partial charge in [0.15, 0.2) is 0 Å². The van der Waals surface area contributed by atoms with Crippen molar-refractivity contribution in [1.29, 1.82) is 0 Å². The second-order valence-electron chi connectivity index (χ2n) is 6.76. The molecular formula is C21H26N2O4S. The highest BCUT2D eigenvalue weighted by atomic mass is 32.2. The van der Waals surface area contributed by atoms with E-state index >= 15 is 0 Å². The van der Waals surface area contributed by atoms with Crippen molar-refractivity contribution in [1.82, 2.24) is 4.31 Å². The monoisotopic (exact) mass is 402 g/mol. The lowest BCUT2D eigenvalue weighted by molar-refractivity contribution is -0.116. The third-order valence-corrected chi connectivity index (χ3v) is 6.69. The van der Waals surface area contributed by atoms with Crippen molar-refractivity contribution in [3.63, 3.8) is 0 Å². The fourth-order valence-corrected chi connectivity index (χ4v) is 4.55. The molecule has 1 N–H and O–H groups in total. The van der Waals surface area contributed by atoms with Gasteiger partial charge in [0.2, 0.25) is 15.9 Å². The van der Waals surface area contributed by atoms with E-state index < -0.39 is 10.0 Å². The van der Waals surface area contributed by atoms with E-state index in [1.165, 1.54) is 15.9 Å². The van der Waals surface area contributed by atoms with Crippen LogP contribution in [-0.4, -0.2) is 44.9 Å². The highest BCUT2D eigenvalue weighted by Gasteiger charge is 2.26. The summed E-state index contributed by atoms with van der Waals surface area (Å²) in [6.45, 7) is 3.59. The second kappa shape index (κ2) is 9.32. The van der Waals surface area contributed by atoms with E-state index in [9.17, 15) is 13.2 Å². The molecule has 2 aromatic carbocycles. The van der Waals surface area contributed by atoms with Crippen LogP contribution in [0.3, 0.4) is 0 Å². The zero-order chi connectivity index (χ0) is 20.0. The number of sulfonamides is 1. The molecule has 1 aliphatic heterocycles. The van der Waals surface area contributed by atoms with Crippen molar-refractivity contribution in [3.05, 3.63) is 59.7 Å². The van der Waals surface area contributed by atoms with Crippen LogP contribution in [0.2, 0.25) is 0 Å². The fourth-order valence-electron chi connectivity index (χ4n) is 3.09. The van der Waals surface area contributed by atoms with Crippen LogP contribution in [0.4, 0.5) is 5.69 Å². The Morgan fingerprint density at radius 3 is 2.43 bits per heavy atom. The number of hydrogen-bond donors (Lipinski definition) is 1. The zero-order valence-electron chi connectivity index (χ0n) is 16.1. The third kappa shape index (κ3) is 5.19. The van der Waals surface area contributed by atoms with Gasteiger partial charge in [0.05, 0.1) is 18.1 Å². The van der Waals surface area contributed by atoms with Gasteiger partial charge < -0.3 is 10.1 Å². The van der Waals surface area contributed by atoms with Crippen molar-refractivity contribution >= 4 is 21.6 Å². The molecule has 0 spiro atoms. The third-order valence-electron chi connectivity index (χ3n) is 4.80. The molecule has 0 saturated carbocycles. The Morgan fingerprint density at radius 1 is 1.07 bits per heavy atom. The van der Waals surface area contributed by atoms with Gasteiger partial charge in [-0.3, -0.25) is 4.79 Å². The lowest BCUT2D eigenvalue weighted by Crippen LogP contribution is -2.40. The van der Waals surface area contributed by atoms with E-state index in [0.717, 1.165) is 12.0 Å². The predicted molar refractivity (Wildman–Crippen MR) is 109 cm³/mol. The molecule has 3 rings (SSSR count). The van der Waals surface area contributed by atoms with Gasteiger partial charge in [-0.1, -0.05) is 37.3 Å². The largest absolute Gasteiger partial charge is 0.379 e. The molecule has 0 bridgehead atoms. The molecule has 1 heterocycles. The molecule has 7 heteroatoms. The van der Waals surface area contributed by atoms with E-state index in [-0.39, 0.29) is 10.8 Å². The summed E-state index contributed by atoms with van der Waals surface area (Å²) in [5.74, 6) is -0.138. The summed E-state index contributed by atoms with van der Waals surface area (Å²) in [5.41, 5.74) is 2.86. The van der Waals surface area contributed by atoms with Gasteiger partial charge in [0.1, 0.15) is 0 Å². The standard InChI is InChI=1S/C21H26N2O4S/c1-2-17-6-8-18(9-7-17)10-11-21(24)22-19-4-3-5-20(16-19)28(25,26)23-12-14-27-15-13-23/h3-9,16H,2,10-15H2,1H3,(H,22,24). The number of nitrogens with zero attached hydrogens (tertiary/aromatic N) is 1. The average Bonchev–Trinajstić information content (AvgIpc) is 2.73. The number of carbonyl (C=O) groups excluding carboxylic acids is 1. The molecule has 6 nitrogen and oxygen atoms in total. The van der Waals surface area contributed by atoms with E-state index in [1.807, 2.05) is 12.1 Å². The van der Waals surface area contributed by atoms with Crippen molar-refractivity contribution < 1.29 is 17.9 Å². The van der Waals surface area contributed by atoms with Gasteiger partial charge in [0.25, 0.3) is 0 Å². The van der Waals surface area contributed by atoms with Crippen LogP contribution in [-0.2, 0) is 32.4 Å². The number of amides is 1. The minimum absolute atomic E-state index is 0.138. The summed E-state index contributed by atoms with van der Waals surface area (Å²) in [6.07, 6.45) is 1.97. The molecule has 1 fully saturated rings. The first-order valence-electron chi connectivity index (χ1n) is 9.54. The van der Waals surface area contributed by atoms with Crippen LogP contribution in [0.15, 0.2) is 53.4 Å². The van der Waals surface area contributed by atoms with Crippen LogP contribution in [0, 0.1) is 0 Å². The van der Waals surface area contributed by atoms with Gasteiger partial charge in [-0.05, 0) is 42.2 Å². The van der Waals surface area contributed by atoms with Gasteiger partial charge in [0, 0.05) is 25.2 Å². The highest BCUT2D eigenvalue weighted by Crippen LogP contribution is 2.21. The van der Waals surface area contributed by atoms with E-state index in [0.29, 0.717) is 44.8 Å². The normalized spacial score (nSPS) is 15.3. The van der Waals surface area contributed by atoms with Crippen LogP contribution >= 0.6 is 0 Å². The Bertz CT molecular complexity index is 904. The molecule has 0 atom stereocenters. The minimum atomic E-state index is -3.58. The number of rotatable bonds is 7. The number of benzene rings is 2. The lowest BCUT2D eigenvalue weighted by atomic mass is 10.1. The quantitative estimate of drug-likeness (QED) is 0.773. The molecule has 1 aliphatic rings. The summed E-state index contributed by atoms with van der Waals surface area (Å²) in [4.78, 5) is 12.5. The Kier molecular flexibility index (Phi) is 6.83. The van der Waals surface area contributed by atoms with Gasteiger partial charge in [-0.2, -0.15) is 4.31 Å². The van der Waals surface area contributed by atoms with Crippen molar-refractivity contribution in [2.24, 2.45) is 0 Å². The SMILES string of the molecule is CCc1ccc(CCC(=O)Nc2cccc(S(=O)(=O)N3CCOCC3)c2)cc1. The molecule has 1 saturated heterocycles. The zero-order valence-corrected chi connectivity index (χ0v) is 16.9. The van der Waals surface area contributed by atoms with Crippen LogP contribution in [0.1, 0.15) is 24.5 Å². The van der Waals surface area contributed by atoms with E-state index in [2.05, 4.69) is 24.4 Å². The fraction of sp³-hybridized carbons (Fsp3) is 0.381. The number of nitrogens with one attached hydrogen (secondary N) is 1. The number of morpholine rings is 1. The molecule has 28 heavy (non-hydrogen) atoms. The Labute approximate surface area is 166 Å². The predicted octanol–water partition coefficient (Wildman–Crippen LogP) is 2.84. The molecule has 0 unspecified atom stereocenters. The van der Waals surface area contributed by atoms with Crippen LogP contribution < -0.4 is 5.32 Å². The van der Waals surface area contributed by atoms with Crippen molar-refractivity contribution in [2.75, 3.05) is 31.6 Å². The highest BCUT2D eigenvalue weighted by molar-refractivity contribution is 7.89. The molecule has 2 aromatic rings. The molecular weight excluding hydrogens is 376 g/mol. The number of carbonyl (C=O) groups is 1. The topological polar surface area (TPSA) is 75.7 Å². The number of ether oxygens (including phenoxy) is 1. The average molecular weight is 403 g/mol. The summed E-state index contributed by atoms with van der Waals surface area (Å²) in [7, 11) is -3.58. The van der Waals surface area contributed by atoms with E-state index in [4.69, 9.17) is 4.74 Å². The molecule has 1 amide bonds. The van der Waals surface area contributed by atoms with Crippen molar-refractivity contribution in [3.8, 4) is 0 Å². The van der Waals surface area contributed by atoms with Gasteiger partial charge >= 0.3 is 0 Å². The first-order chi connectivity index (χ1) is 13.5. The van der Waals surface area contributed by atoms with Gasteiger partial charge in [-0.15, -0.1) is 0 Å². The molecule has 0 radical (unpaired) electrons. The minimum Gasteiger partial charge on any atom is -0.379 e. The van der Waals surface area contributed by atoms with Gasteiger partial charge in [-0.25, -0.2) is 8.42 Å². The Hall–Kier alpha value is -2.22. The maximum atomic E-state index is 12.7. The first-order valence-corrected chi connectivity index (χ1v) is 11.0. The summed E-state index contributed by atoms with van der Waals surface area (Å²) < 4.78 is 32.1. The summed E-state index contributed by atoms with van der Waals surface area (Å²) >= 11 is 0. The second-order valence-corrected chi connectivity index (χ2v) is 8.70. The molecule has 0 aliphatic carbocycles. The van der Waals surface area contributed by atoms with E-state index in [1.54, 1.807) is 18.2 Å². The number of aryl methyl sites for hydroxylation is 2. The number of hydrogen-bond acceptors (Lipinski definition) is 4. The molecule has 150 valence electrons. The summed E-state index contributed by atoms with van der Waals surface area (Å²) in [5, 5.41) is 2.80. The van der Waals surface area contributed by atoms with Crippen molar-refractivity contribution in [2.45, 2.75) is 31.1 Å². The Morgan fingerprint density at radius 2 is 1.75 bits per heavy atom. The van der Waals surface area contributed by atoms with Crippen LogP contribution in [0.5, 0.6) is 0 Å². The lowest BCUT2D eigenvalue weighted by Gasteiger charge is -2.26. The first kappa shape index (κ1) is 20.5. The maximum absolute atomic E-state index is 12.7. The number of anilines is 1.